The average Bonchev–Trinajstić information content (AvgIpc) is 1.32. The summed E-state index contributed by atoms with van der Waals surface area (Å²) in [4.78, 5) is 41.9. The molecule has 0 saturated carbocycles. The van der Waals surface area contributed by atoms with E-state index in [1.807, 2.05) is 31.2 Å². The normalized spacial score (nSPS) is 13.8. The van der Waals surface area contributed by atoms with E-state index in [2.05, 4.69) is 15.0 Å². The second-order valence-electron chi connectivity index (χ2n) is 19.6. The molecule has 2 aliphatic heterocycles. The molecule has 2 amide bonds. The lowest BCUT2D eigenvalue weighted by Gasteiger charge is -2.38. The Balaban J connectivity index is 0.757. The van der Waals surface area contributed by atoms with Crippen molar-refractivity contribution in [3.05, 3.63) is 76.9 Å². The van der Waals surface area contributed by atoms with Gasteiger partial charge in [-0.1, -0.05) is 31.2 Å². The minimum absolute atomic E-state index is 0.0104. The number of carbonyl (C=O) groups excluding carboxylic acids is 3. The number of aliphatic hydroxyl groups is 1. The van der Waals surface area contributed by atoms with Crippen LogP contribution in [0.25, 0.3) is 17.2 Å². The number of carbonyl (C=O) groups is 3. The van der Waals surface area contributed by atoms with Crippen molar-refractivity contribution in [1.82, 2.24) is 14.5 Å². The van der Waals surface area contributed by atoms with Crippen LogP contribution < -0.4 is 15.8 Å². The van der Waals surface area contributed by atoms with Crippen molar-refractivity contribution >= 4 is 55.5 Å². The molecule has 31 heteroatoms. The first kappa shape index (κ1) is 73.1. The maximum absolute atomic E-state index is 14.0. The van der Waals surface area contributed by atoms with E-state index in [0.717, 1.165) is 12.0 Å². The third-order valence-corrected chi connectivity index (χ3v) is 15.6. The number of esters is 1. The number of halogens is 4. The molecule has 0 unspecified atom stereocenters. The van der Waals surface area contributed by atoms with E-state index in [1.54, 1.807) is 29.2 Å². The molecule has 3 aromatic rings. The molecular weight excluding hydrogens is 1210 g/mol. The van der Waals surface area contributed by atoms with Gasteiger partial charge in [0.1, 0.15) is 5.84 Å². The van der Waals surface area contributed by atoms with E-state index in [-0.39, 0.29) is 101 Å². The number of amidine groups is 1. The predicted octanol–water partition coefficient (Wildman–Crippen LogP) is 3.84. The van der Waals surface area contributed by atoms with Crippen LogP contribution in [0.3, 0.4) is 0 Å². The minimum atomic E-state index is -5.66. The zero-order chi connectivity index (χ0) is 63.7. The van der Waals surface area contributed by atoms with Crippen LogP contribution >= 0.6 is 0 Å². The van der Waals surface area contributed by atoms with Crippen LogP contribution in [0.4, 0.5) is 23.2 Å². The minimum Gasteiger partial charge on any atom is -0.420 e. The van der Waals surface area contributed by atoms with Crippen molar-refractivity contribution in [3.63, 3.8) is 0 Å². The summed E-state index contributed by atoms with van der Waals surface area (Å²) in [5, 5.41) is 12.2. The van der Waals surface area contributed by atoms with E-state index >= 15 is 0 Å². The largest absolute Gasteiger partial charge is 0.420 e. The molecular formula is C57H79F4N5O20S2. The number of benzene rings is 3. The van der Waals surface area contributed by atoms with Gasteiger partial charge >= 0.3 is 16.1 Å². The highest BCUT2D eigenvalue weighted by atomic mass is 32.2. The van der Waals surface area contributed by atoms with Crippen LogP contribution in [0.1, 0.15) is 44.6 Å². The van der Waals surface area contributed by atoms with E-state index in [1.165, 1.54) is 4.31 Å². The second kappa shape index (κ2) is 39.5. The first-order valence-electron chi connectivity index (χ1n) is 28.6. The van der Waals surface area contributed by atoms with Gasteiger partial charge in [0.2, 0.25) is 39.2 Å². The van der Waals surface area contributed by atoms with Gasteiger partial charge in [-0.25, -0.2) is 22.2 Å². The van der Waals surface area contributed by atoms with Crippen LogP contribution in [0, 0.1) is 29.2 Å². The van der Waals surface area contributed by atoms with Gasteiger partial charge < -0.3 is 73.2 Å². The molecule has 0 atom stereocenters. The van der Waals surface area contributed by atoms with Crippen LogP contribution in [0.5, 0.6) is 5.75 Å². The topological polar surface area (TPSA) is 318 Å². The number of rotatable bonds is 46. The zero-order valence-electron chi connectivity index (χ0n) is 49.1. The summed E-state index contributed by atoms with van der Waals surface area (Å²) in [7, 11) is -9.46. The van der Waals surface area contributed by atoms with Crippen LogP contribution in [0.15, 0.2) is 62.8 Å². The molecule has 5 N–H and O–H groups in total. The lowest BCUT2D eigenvalue weighted by Crippen LogP contribution is -2.53. The van der Waals surface area contributed by atoms with Crippen molar-refractivity contribution in [3.8, 4) is 16.9 Å². The van der Waals surface area contributed by atoms with Crippen LogP contribution in [-0.4, -0.2) is 231 Å². The molecule has 1 fully saturated rings. The van der Waals surface area contributed by atoms with Gasteiger partial charge in [-0.15, -0.1) is 0 Å². The third-order valence-electron chi connectivity index (χ3n) is 12.9. The number of sulfonamides is 1. The van der Waals surface area contributed by atoms with Gasteiger partial charge in [-0.05, 0) is 48.2 Å². The summed E-state index contributed by atoms with van der Waals surface area (Å²) >= 11 is 0. The molecule has 25 nitrogen and oxygen atoms in total. The van der Waals surface area contributed by atoms with Crippen molar-refractivity contribution in [2.45, 2.75) is 48.8 Å². The summed E-state index contributed by atoms with van der Waals surface area (Å²) in [6.07, 6.45) is 2.78. The molecule has 0 aliphatic carbocycles. The average molecular weight is 1290 g/mol. The lowest BCUT2D eigenvalue weighted by atomic mass is 10.0. The fourth-order valence-electron chi connectivity index (χ4n) is 8.41. The molecule has 0 radical (unpaired) electrons. The van der Waals surface area contributed by atoms with E-state index < -0.39 is 66.4 Å². The smallest absolute Gasteiger partial charge is 0.313 e. The van der Waals surface area contributed by atoms with Crippen molar-refractivity contribution in [2.75, 3.05) is 171 Å². The Bertz CT molecular complexity index is 2950. The fourth-order valence-corrected chi connectivity index (χ4v) is 10.7. The number of nitrogens with zero attached hydrogens (tertiary/aromatic N) is 3. The fraction of sp³-hybridized carbons (Fsp3) is 0.579. The van der Waals surface area contributed by atoms with E-state index in [9.17, 15) is 53.9 Å². The number of ether oxygens (including phenoxy) is 11. The van der Waals surface area contributed by atoms with Crippen molar-refractivity contribution < 1.29 is 111 Å². The standard InChI is InChI=1S/C57H79F4N5O20S2/c1-2-11-65(12-4-13-67)57(70)45-34-44-8-7-43(36-47(44)64-48(62)37-45)42-5-3-6-46(35-42)87(71,72)66-39-41(40-66)38-63-49(68)9-14-76-16-18-78-20-22-80-24-26-82-28-30-84-32-33-85-31-29-83-27-25-81-23-21-79-19-17-77-15-10-50(69)86-55-51(58)53(60)56(88(73,74)75)54(61)52(55)59/h3,5-8,34-36,41,67H,2,4,9-33,37-40H2,1H3,(H2,62,64)(H,63,68)(H,73,74,75). The van der Waals surface area contributed by atoms with Crippen LogP contribution in [-0.2, 0) is 81.9 Å². The molecule has 0 spiro atoms. The summed E-state index contributed by atoms with van der Waals surface area (Å²) in [5.41, 5.74) is 9.47. The summed E-state index contributed by atoms with van der Waals surface area (Å²) in [6, 6.07) is 12.2. The highest BCUT2D eigenvalue weighted by Crippen LogP contribution is 2.35. The SMILES string of the molecule is CCCN(CCCO)C(=O)C1=Cc2ccc(-c3cccc(S(=O)(=O)N4CC(CNC(=O)CCOCCOCCOCCOCCOCCOCCOCCOCCOCCOCCC(=O)Oc5c(F)c(F)c(S(=O)(=O)O)c(F)c5F)C4)c3)cc2N=C(N)C1. The predicted molar refractivity (Wildman–Crippen MR) is 309 cm³/mol. The van der Waals surface area contributed by atoms with E-state index in [4.69, 9.17) is 57.7 Å². The molecule has 2 aliphatic rings. The van der Waals surface area contributed by atoms with Crippen LogP contribution in [0.2, 0.25) is 0 Å². The molecule has 5 rings (SSSR count). The Morgan fingerprint density at radius 1 is 0.659 bits per heavy atom. The second-order valence-corrected chi connectivity index (χ2v) is 22.9. The highest BCUT2D eigenvalue weighted by molar-refractivity contribution is 7.89. The molecule has 0 bridgehead atoms. The molecule has 1 saturated heterocycles. The Morgan fingerprint density at radius 3 is 1.61 bits per heavy atom. The molecule has 492 valence electrons. The van der Waals surface area contributed by atoms with Crippen molar-refractivity contribution in [1.29, 1.82) is 0 Å². The maximum Gasteiger partial charge on any atom is 0.313 e. The van der Waals surface area contributed by atoms with Crippen molar-refractivity contribution in [2.24, 2.45) is 16.6 Å². The number of hydrogen-bond acceptors (Lipinski definition) is 21. The van der Waals surface area contributed by atoms with Gasteiger partial charge in [0.25, 0.3) is 0 Å². The molecule has 3 aromatic carbocycles. The number of nitrogens with two attached hydrogens (primary N) is 1. The first-order chi connectivity index (χ1) is 42.3. The number of hydrogen-bond donors (Lipinski definition) is 4. The Kier molecular flexibility index (Phi) is 32.8. The first-order valence-corrected chi connectivity index (χ1v) is 31.5. The van der Waals surface area contributed by atoms with Gasteiger partial charge in [-0.2, -0.15) is 21.5 Å². The number of fused-ring (bicyclic) bond motifs is 1. The monoisotopic (exact) mass is 1290 g/mol. The Labute approximate surface area is 509 Å². The van der Waals surface area contributed by atoms with Gasteiger partial charge in [-0.3, -0.25) is 18.9 Å². The summed E-state index contributed by atoms with van der Waals surface area (Å²) in [5.74, 6) is -12.8. The summed E-state index contributed by atoms with van der Waals surface area (Å²) < 4.78 is 174. The zero-order valence-corrected chi connectivity index (χ0v) is 50.7. The number of aliphatic hydroxyl groups excluding tert-OH is 1. The molecule has 0 aromatic heterocycles. The van der Waals surface area contributed by atoms with Gasteiger partial charge in [0.15, 0.2) is 16.5 Å². The molecule has 2 heterocycles. The highest BCUT2D eigenvalue weighted by Gasteiger charge is 2.37. The molecule has 88 heavy (non-hydrogen) atoms. The Morgan fingerprint density at radius 2 is 1.14 bits per heavy atom. The number of nitrogens with one attached hydrogen (secondary N) is 1. The van der Waals surface area contributed by atoms with Gasteiger partial charge in [0, 0.05) is 69.2 Å². The number of amides is 2. The maximum atomic E-state index is 14.0. The summed E-state index contributed by atoms with van der Waals surface area (Å²) in [6.45, 7) is 9.30. The van der Waals surface area contributed by atoms with Gasteiger partial charge in [0.05, 0.1) is 149 Å². The number of aliphatic imine (C=N–C) groups is 1. The van der Waals surface area contributed by atoms with E-state index in [0.29, 0.717) is 141 Å². The Hall–Kier alpha value is -5.62. The third kappa shape index (κ3) is 25.0. The lowest BCUT2D eigenvalue weighted by molar-refractivity contribution is -0.136. The quantitative estimate of drug-likeness (QED) is 0.0156.